The first-order chi connectivity index (χ1) is 8.65. The molecule has 104 valence electrons. The van der Waals surface area contributed by atoms with Crippen LogP contribution in [0.1, 0.15) is 46.0 Å². The Hall–Kier alpha value is -0.120. The fourth-order valence-electron chi connectivity index (χ4n) is 4.27. The zero-order valence-electron chi connectivity index (χ0n) is 12.1. The van der Waals surface area contributed by atoms with Gasteiger partial charge in [0.05, 0.1) is 6.10 Å². The Bertz CT molecular complexity index is 293. The second-order valence-corrected chi connectivity index (χ2v) is 6.71. The average Bonchev–Trinajstić information content (AvgIpc) is 2.54. The summed E-state index contributed by atoms with van der Waals surface area (Å²) in [6.07, 6.45) is 7.26. The first kappa shape index (κ1) is 12.9. The molecule has 1 spiro atoms. The summed E-state index contributed by atoms with van der Waals surface area (Å²) in [7, 11) is 2.25. The number of ether oxygens (including phenoxy) is 1. The summed E-state index contributed by atoms with van der Waals surface area (Å²) < 4.78 is 5.92. The molecular formula is C15H28N2O. The van der Waals surface area contributed by atoms with Crippen molar-refractivity contribution in [2.45, 2.75) is 70.2 Å². The van der Waals surface area contributed by atoms with E-state index in [-0.39, 0.29) is 0 Å². The number of rotatable bonds is 4. The first-order valence-corrected chi connectivity index (χ1v) is 7.73. The van der Waals surface area contributed by atoms with Crippen molar-refractivity contribution in [2.24, 2.45) is 5.41 Å². The molecule has 0 bridgehead atoms. The maximum Gasteiger partial charge on any atom is 0.0661 e. The molecule has 0 unspecified atom stereocenters. The summed E-state index contributed by atoms with van der Waals surface area (Å²) in [6, 6.07) is 2.17. The largest absolute Gasteiger partial charge is 0.378 e. The van der Waals surface area contributed by atoms with Gasteiger partial charge in [0, 0.05) is 36.7 Å². The van der Waals surface area contributed by atoms with Gasteiger partial charge in [0.1, 0.15) is 0 Å². The number of likely N-dealkylation sites (N-methyl/N-ethyl adjacent to an activating group) is 1. The van der Waals surface area contributed by atoms with E-state index in [1.54, 1.807) is 0 Å². The third-order valence-corrected chi connectivity index (χ3v) is 5.76. The molecule has 0 amide bonds. The molecule has 1 N–H and O–H groups in total. The van der Waals surface area contributed by atoms with Crippen molar-refractivity contribution >= 4 is 0 Å². The van der Waals surface area contributed by atoms with Gasteiger partial charge in [-0.15, -0.1) is 0 Å². The van der Waals surface area contributed by atoms with Crippen molar-refractivity contribution < 1.29 is 4.74 Å². The summed E-state index contributed by atoms with van der Waals surface area (Å²) in [5.41, 5.74) is 0.514. The lowest BCUT2D eigenvalue weighted by molar-refractivity contribution is -0.174. The van der Waals surface area contributed by atoms with Crippen LogP contribution in [0.2, 0.25) is 0 Å². The minimum absolute atomic E-state index is 0.514. The molecule has 3 aliphatic rings. The molecule has 3 nitrogen and oxygen atoms in total. The fraction of sp³-hybridized carbons (Fsp3) is 1.00. The predicted molar refractivity (Wildman–Crippen MR) is 73.7 cm³/mol. The lowest BCUT2D eigenvalue weighted by Gasteiger charge is -2.61. The van der Waals surface area contributed by atoms with E-state index in [0.717, 1.165) is 18.7 Å². The second kappa shape index (κ2) is 4.77. The zero-order chi connectivity index (χ0) is 12.8. The van der Waals surface area contributed by atoms with Crippen molar-refractivity contribution in [1.82, 2.24) is 10.2 Å². The van der Waals surface area contributed by atoms with Gasteiger partial charge in [0.2, 0.25) is 0 Å². The van der Waals surface area contributed by atoms with Crippen LogP contribution in [-0.4, -0.2) is 49.3 Å². The van der Waals surface area contributed by atoms with Gasteiger partial charge in [-0.05, 0) is 46.6 Å². The van der Waals surface area contributed by atoms with Crippen molar-refractivity contribution in [3.05, 3.63) is 0 Å². The number of nitrogens with zero attached hydrogens (tertiary/aromatic N) is 1. The van der Waals surface area contributed by atoms with E-state index in [1.165, 1.54) is 38.6 Å². The van der Waals surface area contributed by atoms with Gasteiger partial charge in [-0.1, -0.05) is 6.42 Å². The molecule has 0 aromatic rings. The lowest BCUT2D eigenvalue weighted by atomic mass is 9.51. The predicted octanol–water partition coefficient (Wildman–Crippen LogP) is 2.02. The molecule has 2 saturated carbocycles. The molecule has 3 fully saturated rings. The Labute approximate surface area is 111 Å². The van der Waals surface area contributed by atoms with Crippen LogP contribution in [0.25, 0.3) is 0 Å². The van der Waals surface area contributed by atoms with E-state index < -0.39 is 0 Å². The third-order valence-electron chi connectivity index (χ3n) is 5.76. The topological polar surface area (TPSA) is 24.5 Å². The van der Waals surface area contributed by atoms with Gasteiger partial charge in [-0.3, -0.25) is 0 Å². The van der Waals surface area contributed by atoms with Crippen molar-refractivity contribution in [1.29, 1.82) is 0 Å². The van der Waals surface area contributed by atoms with Crippen molar-refractivity contribution in [3.8, 4) is 0 Å². The molecule has 0 aromatic carbocycles. The highest BCUT2D eigenvalue weighted by molar-refractivity contribution is 5.13. The summed E-state index contributed by atoms with van der Waals surface area (Å²) >= 11 is 0. The van der Waals surface area contributed by atoms with Gasteiger partial charge in [0.15, 0.2) is 0 Å². The fourth-order valence-corrected chi connectivity index (χ4v) is 4.27. The van der Waals surface area contributed by atoms with Crippen molar-refractivity contribution in [2.75, 3.05) is 20.2 Å². The highest BCUT2D eigenvalue weighted by atomic mass is 16.5. The minimum atomic E-state index is 0.514. The Kier molecular flexibility index (Phi) is 3.41. The van der Waals surface area contributed by atoms with Crippen LogP contribution >= 0.6 is 0 Å². The van der Waals surface area contributed by atoms with Crippen LogP contribution in [0.5, 0.6) is 0 Å². The SMILES string of the molecule is CCO[C@@H]1C[C@H](N[C@H]2C[C@@H](C)N(C)C2)C12CCC2. The quantitative estimate of drug-likeness (QED) is 0.828. The average molecular weight is 252 g/mol. The van der Waals surface area contributed by atoms with Crippen molar-refractivity contribution in [3.63, 3.8) is 0 Å². The first-order valence-electron chi connectivity index (χ1n) is 7.73. The summed E-state index contributed by atoms with van der Waals surface area (Å²) in [5, 5.41) is 3.94. The van der Waals surface area contributed by atoms with E-state index in [0.29, 0.717) is 17.6 Å². The zero-order valence-corrected chi connectivity index (χ0v) is 12.1. The molecule has 3 rings (SSSR count). The number of hydrogen-bond donors (Lipinski definition) is 1. The van der Waals surface area contributed by atoms with Gasteiger partial charge in [0.25, 0.3) is 0 Å². The van der Waals surface area contributed by atoms with Crippen LogP contribution in [0, 0.1) is 5.41 Å². The Morgan fingerprint density at radius 2 is 2.11 bits per heavy atom. The molecule has 1 aliphatic heterocycles. The summed E-state index contributed by atoms with van der Waals surface area (Å²) in [6.45, 7) is 6.56. The lowest BCUT2D eigenvalue weighted by Crippen LogP contribution is -2.68. The van der Waals surface area contributed by atoms with E-state index >= 15 is 0 Å². The summed E-state index contributed by atoms with van der Waals surface area (Å²) in [5.74, 6) is 0. The molecule has 4 atom stereocenters. The van der Waals surface area contributed by atoms with Gasteiger partial charge in [-0.2, -0.15) is 0 Å². The third kappa shape index (κ3) is 1.91. The highest BCUT2D eigenvalue weighted by Gasteiger charge is 2.59. The van der Waals surface area contributed by atoms with Crippen LogP contribution < -0.4 is 5.32 Å². The second-order valence-electron chi connectivity index (χ2n) is 6.71. The van der Waals surface area contributed by atoms with Crippen LogP contribution in [0.15, 0.2) is 0 Å². The molecule has 1 heterocycles. The molecular weight excluding hydrogens is 224 g/mol. The van der Waals surface area contributed by atoms with Gasteiger partial charge >= 0.3 is 0 Å². The Morgan fingerprint density at radius 1 is 1.33 bits per heavy atom. The maximum atomic E-state index is 5.92. The minimum Gasteiger partial charge on any atom is -0.378 e. The molecule has 18 heavy (non-hydrogen) atoms. The maximum absolute atomic E-state index is 5.92. The van der Waals surface area contributed by atoms with E-state index in [4.69, 9.17) is 4.74 Å². The van der Waals surface area contributed by atoms with Gasteiger partial charge < -0.3 is 15.0 Å². The Morgan fingerprint density at radius 3 is 2.61 bits per heavy atom. The molecule has 0 radical (unpaired) electrons. The van der Waals surface area contributed by atoms with E-state index in [9.17, 15) is 0 Å². The Balaban J connectivity index is 1.55. The summed E-state index contributed by atoms with van der Waals surface area (Å²) in [4.78, 5) is 2.48. The highest BCUT2D eigenvalue weighted by Crippen LogP contribution is 2.57. The van der Waals surface area contributed by atoms with Gasteiger partial charge in [-0.25, -0.2) is 0 Å². The van der Waals surface area contributed by atoms with E-state index in [2.05, 4.69) is 31.1 Å². The number of likely N-dealkylation sites (tertiary alicyclic amines) is 1. The molecule has 1 saturated heterocycles. The molecule has 3 heteroatoms. The number of hydrogen-bond acceptors (Lipinski definition) is 3. The number of nitrogens with one attached hydrogen (secondary N) is 1. The molecule has 0 aromatic heterocycles. The monoisotopic (exact) mass is 252 g/mol. The van der Waals surface area contributed by atoms with E-state index in [1.807, 2.05) is 0 Å². The smallest absolute Gasteiger partial charge is 0.0661 e. The standard InChI is InChI=1S/C15H28N2O/c1-4-18-14-9-13(15(14)6-5-7-15)16-12-8-11(2)17(3)10-12/h11-14,16H,4-10H2,1-3H3/t11-,12+,13+,14-/m1/s1. The molecule has 2 aliphatic carbocycles. The van der Waals surface area contributed by atoms with Crippen LogP contribution in [0.4, 0.5) is 0 Å². The normalized spacial score (nSPS) is 42.8. The van der Waals surface area contributed by atoms with Crippen LogP contribution in [-0.2, 0) is 4.74 Å². The van der Waals surface area contributed by atoms with Crippen LogP contribution in [0.3, 0.4) is 0 Å².